The first-order valence-electron chi connectivity index (χ1n) is 14.4. The van der Waals surface area contributed by atoms with Gasteiger partial charge in [0.15, 0.2) is 54.4 Å². The fourth-order valence-electron chi connectivity index (χ4n) is 5.18. The molecular formula is C31H29Cl2F3O11S2. The van der Waals surface area contributed by atoms with Crippen molar-refractivity contribution in [1.29, 1.82) is 0 Å². The fraction of sp³-hybridized carbons (Fsp3) is 0.419. The van der Waals surface area contributed by atoms with Gasteiger partial charge < -0.3 is 4.74 Å². The molecule has 0 bridgehead atoms. The van der Waals surface area contributed by atoms with Gasteiger partial charge in [0.25, 0.3) is 0 Å². The first-order chi connectivity index (χ1) is 22.5. The van der Waals surface area contributed by atoms with Crippen LogP contribution in [0.2, 0.25) is 10.0 Å². The second kappa shape index (κ2) is 15.7. The number of hydrogen-bond acceptors (Lipinski definition) is 11. The lowest BCUT2D eigenvalue weighted by atomic mass is 9.81. The number of ketones is 6. The molecule has 0 unspecified atom stereocenters. The first kappa shape index (κ1) is 40.1. The number of ether oxygens (including phenoxy) is 1. The number of halogens is 5. The number of hydrogen-bond donors (Lipinski definition) is 0. The highest BCUT2D eigenvalue weighted by atomic mass is 35.5. The lowest BCUT2D eigenvalue weighted by Gasteiger charge is -2.20. The Hall–Kier alpha value is -3.31. The Balaban J connectivity index is 0.000000276. The van der Waals surface area contributed by atoms with Crippen molar-refractivity contribution in [1.82, 2.24) is 0 Å². The Labute approximate surface area is 289 Å². The van der Waals surface area contributed by atoms with E-state index in [4.69, 9.17) is 23.2 Å². The Morgan fingerprint density at radius 3 is 1.61 bits per heavy atom. The van der Waals surface area contributed by atoms with Gasteiger partial charge in [0, 0.05) is 54.9 Å². The largest absolute Gasteiger partial charge is 0.411 e. The molecule has 0 spiro atoms. The molecule has 0 heterocycles. The van der Waals surface area contributed by atoms with Gasteiger partial charge in [-0.2, -0.15) is 13.2 Å². The molecule has 0 aliphatic heterocycles. The van der Waals surface area contributed by atoms with Crippen LogP contribution in [-0.2, 0) is 50.2 Å². The summed E-state index contributed by atoms with van der Waals surface area (Å²) in [5.74, 6) is -6.36. The lowest BCUT2D eigenvalue weighted by Crippen LogP contribution is -2.35. The summed E-state index contributed by atoms with van der Waals surface area (Å²) in [6.45, 7) is -2.47. The molecule has 4 rings (SSSR count). The van der Waals surface area contributed by atoms with E-state index >= 15 is 0 Å². The highest BCUT2D eigenvalue weighted by Gasteiger charge is 2.39. The number of Topliss-reactive ketones (excluding diaryl/α,β-unsaturated/α-hetero) is 6. The summed E-state index contributed by atoms with van der Waals surface area (Å²) in [6.07, 6.45) is -1.53. The summed E-state index contributed by atoms with van der Waals surface area (Å²) >= 11 is 12.0. The van der Waals surface area contributed by atoms with E-state index in [1.54, 1.807) is 0 Å². The van der Waals surface area contributed by atoms with Crippen LogP contribution in [0.4, 0.5) is 13.2 Å². The SMILES string of the molecule is CS(=O)(=O)c1ccc(C(=O)C2C(=O)CCCC2=O)c(Cl)c1.CS(=O)(=O)c1ccc(C(=O)C2C(=O)CCCC2=O)c(Cl)c1COCC(F)(F)F. The number of alkyl halides is 3. The zero-order chi connectivity index (χ0) is 37.1. The Morgan fingerprint density at radius 2 is 1.20 bits per heavy atom. The van der Waals surface area contributed by atoms with Crippen LogP contribution in [0, 0.1) is 11.8 Å². The smallest absolute Gasteiger partial charge is 0.367 e. The minimum atomic E-state index is -4.65. The molecule has 2 saturated carbocycles. The fourth-order valence-corrected chi connectivity index (χ4v) is 7.45. The predicted octanol–water partition coefficient (Wildman–Crippen LogP) is 4.81. The zero-order valence-electron chi connectivity index (χ0n) is 25.9. The average Bonchev–Trinajstić information content (AvgIpc) is 2.96. The molecule has 2 aromatic carbocycles. The van der Waals surface area contributed by atoms with Crippen molar-refractivity contribution < 1.29 is 63.5 Å². The molecule has 2 fully saturated rings. The van der Waals surface area contributed by atoms with E-state index in [9.17, 15) is 58.8 Å². The summed E-state index contributed by atoms with van der Waals surface area (Å²) in [7, 11) is -7.35. The van der Waals surface area contributed by atoms with E-state index < -0.39 is 95.5 Å². The second-order valence-corrected chi connectivity index (χ2v) is 16.1. The Morgan fingerprint density at radius 1 is 0.755 bits per heavy atom. The normalized spacial score (nSPS) is 16.7. The molecule has 11 nitrogen and oxygen atoms in total. The molecule has 0 aromatic heterocycles. The van der Waals surface area contributed by atoms with E-state index in [2.05, 4.69) is 4.74 Å². The number of sulfone groups is 2. The van der Waals surface area contributed by atoms with Crippen LogP contribution in [0.15, 0.2) is 40.1 Å². The van der Waals surface area contributed by atoms with Gasteiger partial charge in [-0.05, 0) is 43.2 Å². The maximum atomic E-state index is 12.7. The zero-order valence-corrected chi connectivity index (χ0v) is 29.0. The number of carbonyl (C=O) groups excluding carboxylic acids is 6. The second-order valence-electron chi connectivity index (χ2n) is 11.4. The van der Waals surface area contributed by atoms with Crippen molar-refractivity contribution in [3.05, 3.63) is 57.1 Å². The molecule has 2 aliphatic rings. The minimum Gasteiger partial charge on any atom is -0.367 e. The third-order valence-corrected chi connectivity index (χ3v) is 10.6. The molecule has 0 amide bonds. The molecule has 0 saturated heterocycles. The van der Waals surface area contributed by atoms with Crippen molar-refractivity contribution >= 4 is 77.6 Å². The van der Waals surface area contributed by atoms with Crippen molar-refractivity contribution in [2.45, 2.75) is 61.1 Å². The molecule has 0 radical (unpaired) electrons. The number of carbonyl (C=O) groups is 6. The third-order valence-electron chi connectivity index (χ3n) is 7.52. The Bertz CT molecular complexity index is 1910. The third kappa shape index (κ3) is 10.1. The van der Waals surface area contributed by atoms with Crippen LogP contribution in [-0.4, -0.2) is 76.8 Å². The van der Waals surface area contributed by atoms with Gasteiger partial charge >= 0.3 is 6.18 Å². The molecule has 0 N–H and O–H groups in total. The van der Waals surface area contributed by atoms with E-state index in [-0.39, 0.29) is 52.3 Å². The molecule has 18 heteroatoms. The van der Waals surface area contributed by atoms with E-state index in [1.807, 2.05) is 0 Å². The summed E-state index contributed by atoms with van der Waals surface area (Å²) < 4.78 is 88.2. The van der Waals surface area contributed by atoms with Crippen molar-refractivity contribution in [2.75, 3.05) is 19.1 Å². The van der Waals surface area contributed by atoms with Gasteiger partial charge in [0.05, 0.1) is 26.4 Å². The van der Waals surface area contributed by atoms with Crippen LogP contribution in [0.5, 0.6) is 0 Å². The van der Waals surface area contributed by atoms with Gasteiger partial charge in [0.2, 0.25) is 0 Å². The lowest BCUT2D eigenvalue weighted by molar-refractivity contribution is -0.176. The van der Waals surface area contributed by atoms with Crippen LogP contribution in [0.1, 0.15) is 64.8 Å². The minimum absolute atomic E-state index is 0.00216. The average molecular weight is 770 g/mol. The van der Waals surface area contributed by atoms with Gasteiger partial charge in [-0.15, -0.1) is 0 Å². The van der Waals surface area contributed by atoms with E-state index in [0.29, 0.717) is 12.8 Å². The van der Waals surface area contributed by atoms with Gasteiger partial charge in [-0.3, -0.25) is 28.8 Å². The maximum absolute atomic E-state index is 12.7. The van der Waals surface area contributed by atoms with Crippen LogP contribution < -0.4 is 0 Å². The molecule has 2 aliphatic carbocycles. The Kier molecular flexibility index (Phi) is 12.9. The van der Waals surface area contributed by atoms with Crippen LogP contribution in [0.25, 0.3) is 0 Å². The van der Waals surface area contributed by atoms with Gasteiger partial charge in [-0.1, -0.05) is 23.2 Å². The van der Waals surface area contributed by atoms with Crippen molar-refractivity contribution in [2.24, 2.45) is 11.8 Å². The molecule has 0 atom stereocenters. The molecule has 2 aromatic rings. The predicted molar refractivity (Wildman–Crippen MR) is 168 cm³/mol. The van der Waals surface area contributed by atoms with Crippen molar-refractivity contribution in [3.8, 4) is 0 Å². The quantitative estimate of drug-likeness (QED) is 0.252. The summed E-state index contributed by atoms with van der Waals surface area (Å²) in [6, 6.07) is 5.69. The molecule has 266 valence electrons. The van der Waals surface area contributed by atoms with Gasteiger partial charge in [0.1, 0.15) is 18.4 Å². The first-order valence-corrected chi connectivity index (χ1v) is 18.9. The summed E-state index contributed by atoms with van der Waals surface area (Å²) in [5.41, 5.74) is -0.652. The van der Waals surface area contributed by atoms with E-state index in [1.165, 1.54) is 12.1 Å². The highest BCUT2D eigenvalue weighted by Crippen LogP contribution is 2.33. The highest BCUT2D eigenvalue weighted by molar-refractivity contribution is 7.91. The topological polar surface area (TPSA) is 180 Å². The summed E-state index contributed by atoms with van der Waals surface area (Å²) in [5, 5.41) is -0.532. The van der Waals surface area contributed by atoms with Crippen molar-refractivity contribution in [3.63, 3.8) is 0 Å². The number of benzene rings is 2. The standard InChI is InChI=1S/C17H16ClF3O6S.C14H13ClO5S/c1-28(25,26)13-6-5-9(15(18)10(13)7-27-8-17(19,20)21)16(24)14-11(22)3-2-4-12(14)23;1-21(19,20)8-5-6-9(10(15)7-8)14(18)13-11(16)3-2-4-12(13)17/h5-6,14H,2-4,7-8H2,1H3;5-7,13H,2-4H2,1H3. The maximum Gasteiger partial charge on any atom is 0.411 e. The van der Waals surface area contributed by atoms with Gasteiger partial charge in [-0.25, -0.2) is 16.8 Å². The molecule has 49 heavy (non-hydrogen) atoms. The summed E-state index contributed by atoms with van der Waals surface area (Å²) in [4.78, 5) is 72.1. The monoisotopic (exact) mass is 768 g/mol. The van der Waals surface area contributed by atoms with Crippen LogP contribution in [0.3, 0.4) is 0 Å². The van der Waals surface area contributed by atoms with E-state index in [0.717, 1.165) is 30.7 Å². The van der Waals surface area contributed by atoms with Crippen LogP contribution >= 0.6 is 23.2 Å². The number of rotatable bonds is 9. The molecular weight excluding hydrogens is 740 g/mol.